The molecule has 4 aromatic heterocycles. The maximum absolute atomic E-state index is 6.12. The molecule has 0 aliphatic carbocycles. The van der Waals surface area contributed by atoms with Gasteiger partial charge in [-0.1, -0.05) is 24.3 Å². The molecule has 0 fully saturated rings. The summed E-state index contributed by atoms with van der Waals surface area (Å²) in [5, 5.41) is 16.7. The highest BCUT2D eigenvalue weighted by Crippen LogP contribution is 2.35. The molecule has 4 heterocycles. The van der Waals surface area contributed by atoms with Gasteiger partial charge in [0.2, 0.25) is 5.88 Å². The fraction of sp³-hybridized carbons (Fsp3) is 0.0714. The molecule has 0 unspecified atom stereocenters. The molecule has 0 aliphatic heterocycles. The first-order chi connectivity index (χ1) is 17.7. The number of aromatic nitrogens is 4. The van der Waals surface area contributed by atoms with Gasteiger partial charge < -0.3 is 14.8 Å². The van der Waals surface area contributed by atoms with Crippen molar-refractivity contribution >= 4 is 44.6 Å². The van der Waals surface area contributed by atoms with E-state index in [1.54, 1.807) is 36.8 Å². The minimum atomic E-state index is 0.508. The fourth-order valence-corrected chi connectivity index (χ4v) is 4.88. The summed E-state index contributed by atoms with van der Waals surface area (Å²) in [5.41, 5.74) is 4.37. The summed E-state index contributed by atoms with van der Waals surface area (Å²) in [6.07, 6.45) is 1.70. The Labute approximate surface area is 211 Å². The van der Waals surface area contributed by atoms with Gasteiger partial charge in [-0.3, -0.25) is 4.98 Å². The average molecular weight is 492 g/mol. The normalized spacial score (nSPS) is 11.1. The molecular formula is C28H21N5O2S. The topological polar surface area (TPSA) is 82.0 Å². The monoisotopic (exact) mass is 491 g/mol. The van der Waals surface area contributed by atoms with E-state index in [1.165, 1.54) is 5.56 Å². The van der Waals surface area contributed by atoms with Gasteiger partial charge in [-0.25, -0.2) is 4.98 Å². The lowest BCUT2D eigenvalue weighted by Crippen LogP contribution is -1.99. The summed E-state index contributed by atoms with van der Waals surface area (Å²) < 4.78 is 11.4. The fourth-order valence-electron chi connectivity index (χ4n) is 3.98. The van der Waals surface area contributed by atoms with E-state index in [0.717, 1.165) is 32.5 Å². The van der Waals surface area contributed by atoms with Gasteiger partial charge in [0.05, 0.1) is 17.5 Å². The molecule has 0 saturated heterocycles. The Bertz CT molecular complexity index is 1700. The van der Waals surface area contributed by atoms with Crippen LogP contribution in [0.4, 0.5) is 11.5 Å². The molecule has 6 aromatic rings. The van der Waals surface area contributed by atoms with Crippen molar-refractivity contribution in [2.45, 2.75) is 6.92 Å². The van der Waals surface area contributed by atoms with Crippen LogP contribution in [0.3, 0.4) is 0 Å². The summed E-state index contributed by atoms with van der Waals surface area (Å²) in [6.45, 7) is 2.09. The Hall–Kier alpha value is -4.56. The molecule has 6 rings (SSSR count). The number of nitrogens with one attached hydrogen (secondary N) is 1. The number of methoxy groups -OCH3 is 1. The third-order valence-corrected chi connectivity index (χ3v) is 6.78. The predicted octanol–water partition coefficient (Wildman–Crippen LogP) is 7.15. The zero-order valence-corrected chi connectivity index (χ0v) is 20.4. The summed E-state index contributed by atoms with van der Waals surface area (Å²) >= 11 is 1.68. The molecule has 7 nitrogen and oxygen atoms in total. The molecule has 1 N–H and O–H groups in total. The summed E-state index contributed by atoms with van der Waals surface area (Å²) in [6, 6.07) is 23.4. The molecule has 0 bridgehead atoms. The molecule has 0 saturated carbocycles. The van der Waals surface area contributed by atoms with E-state index in [2.05, 4.69) is 56.0 Å². The highest BCUT2D eigenvalue weighted by Gasteiger charge is 2.13. The maximum atomic E-state index is 6.12. The Kier molecular flexibility index (Phi) is 5.63. The molecular weight excluding hydrogens is 470 g/mol. The number of pyridine rings is 2. The van der Waals surface area contributed by atoms with Gasteiger partial charge in [0.25, 0.3) is 0 Å². The maximum Gasteiger partial charge on any atom is 0.213 e. The number of ether oxygens (including phenoxy) is 2. The van der Waals surface area contributed by atoms with Gasteiger partial charge >= 0.3 is 0 Å². The number of thiophene rings is 1. The van der Waals surface area contributed by atoms with Crippen LogP contribution in [0.5, 0.6) is 17.4 Å². The van der Waals surface area contributed by atoms with Gasteiger partial charge in [-0.15, -0.1) is 21.5 Å². The van der Waals surface area contributed by atoms with Crippen molar-refractivity contribution in [3.05, 3.63) is 89.9 Å². The van der Waals surface area contributed by atoms with Gasteiger partial charge in [0, 0.05) is 34.8 Å². The molecule has 176 valence electrons. The SMILES string of the molecule is COc1ccc2nccc(Oc3ccc(Nc4nnc(-c5cc(C)cs5)c5ccccc45)cc3)c2n1. The van der Waals surface area contributed by atoms with E-state index in [0.29, 0.717) is 28.7 Å². The molecule has 0 amide bonds. The van der Waals surface area contributed by atoms with Crippen LogP contribution in [0.25, 0.3) is 32.4 Å². The molecule has 0 spiro atoms. The highest BCUT2D eigenvalue weighted by molar-refractivity contribution is 7.13. The van der Waals surface area contributed by atoms with Crippen molar-refractivity contribution in [3.8, 4) is 28.0 Å². The van der Waals surface area contributed by atoms with Gasteiger partial charge in [0.1, 0.15) is 17.0 Å². The first kappa shape index (κ1) is 21.9. The first-order valence-corrected chi connectivity index (χ1v) is 12.2. The first-order valence-electron chi connectivity index (χ1n) is 11.3. The molecule has 0 radical (unpaired) electrons. The Morgan fingerprint density at radius 2 is 1.72 bits per heavy atom. The van der Waals surface area contributed by atoms with Crippen LogP contribution in [0.2, 0.25) is 0 Å². The lowest BCUT2D eigenvalue weighted by Gasteiger charge is -2.12. The lowest BCUT2D eigenvalue weighted by molar-refractivity contribution is 0.399. The van der Waals surface area contributed by atoms with Crippen molar-refractivity contribution in [1.82, 2.24) is 20.2 Å². The van der Waals surface area contributed by atoms with Crippen LogP contribution in [-0.4, -0.2) is 27.3 Å². The van der Waals surface area contributed by atoms with Crippen molar-refractivity contribution < 1.29 is 9.47 Å². The molecule has 36 heavy (non-hydrogen) atoms. The number of rotatable bonds is 6. The second kappa shape index (κ2) is 9.24. The zero-order valence-electron chi connectivity index (χ0n) is 19.6. The van der Waals surface area contributed by atoms with Crippen LogP contribution in [0.1, 0.15) is 5.56 Å². The van der Waals surface area contributed by atoms with Crippen LogP contribution < -0.4 is 14.8 Å². The minimum Gasteiger partial charge on any atom is -0.481 e. The van der Waals surface area contributed by atoms with Crippen molar-refractivity contribution in [3.63, 3.8) is 0 Å². The molecule has 0 atom stereocenters. The molecule has 2 aromatic carbocycles. The number of anilines is 2. The van der Waals surface area contributed by atoms with Crippen LogP contribution >= 0.6 is 11.3 Å². The van der Waals surface area contributed by atoms with E-state index in [4.69, 9.17) is 9.47 Å². The second-order valence-electron chi connectivity index (χ2n) is 8.21. The predicted molar refractivity (Wildman–Crippen MR) is 143 cm³/mol. The summed E-state index contributed by atoms with van der Waals surface area (Å²) in [5.74, 6) is 2.49. The zero-order chi connectivity index (χ0) is 24.5. The van der Waals surface area contributed by atoms with Crippen molar-refractivity contribution in [2.75, 3.05) is 12.4 Å². The Morgan fingerprint density at radius 1 is 0.889 bits per heavy atom. The van der Waals surface area contributed by atoms with Crippen LogP contribution in [-0.2, 0) is 0 Å². The Balaban J connectivity index is 1.27. The molecule has 8 heteroatoms. The summed E-state index contributed by atoms with van der Waals surface area (Å²) in [7, 11) is 1.58. The van der Waals surface area contributed by atoms with E-state index >= 15 is 0 Å². The number of nitrogens with zero attached hydrogens (tertiary/aromatic N) is 4. The lowest BCUT2D eigenvalue weighted by atomic mass is 10.1. The second-order valence-corrected chi connectivity index (χ2v) is 9.12. The van der Waals surface area contributed by atoms with E-state index in [1.807, 2.05) is 42.5 Å². The third kappa shape index (κ3) is 4.18. The van der Waals surface area contributed by atoms with Crippen LogP contribution in [0, 0.1) is 6.92 Å². The van der Waals surface area contributed by atoms with Gasteiger partial charge in [-0.2, -0.15) is 0 Å². The quantitative estimate of drug-likeness (QED) is 0.265. The number of benzene rings is 2. The van der Waals surface area contributed by atoms with Crippen molar-refractivity contribution in [1.29, 1.82) is 0 Å². The van der Waals surface area contributed by atoms with Gasteiger partial charge in [-0.05, 0) is 54.3 Å². The van der Waals surface area contributed by atoms with E-state index < -0.39 is 0 Å². The standard InChI is InChI=1S/C28H21N5O2S/c1-17-15-24(36-16-17)26-20-5-3-4-6-21(20)28(33-32-26)30-18-7-9-19(10-8-18)35-23-13-14-29-22-11-12-25(34-2)31-27(22)23/h3-16H,1-2H3,(H,30,33). The van der Waals surface area contributed by atoms with Crippen LogP contribution in [0.15, 0.2) is 84.4 Å². The summed E-state index contributed by atoms with van der Waals surface area (Å²) in [4.78, 5) is 9.95. The number of fused-ring (bicyclic) bond motifs is 2. The average Bonchev–Trinajstić information content (AvgIpc) is 3.35. The molecule has 0 aliphatic rings. The Morgan fingerprint density at radius 3 is 2.50 bits per heavy atom. The smallest absolute Gasteiger partial charge is 0.213 e. The van der Waals surface area contributed by atoms with E-state index in [-0.39, 0.29) is 0 Å². The number of aryl methyl sites for hydroxylation is 1. The number of hydrogen-bond donors (Lipinski definition) is 1. The largest absolute Gasteiger partial charge is 0.481 e. The third-order valence-electron chi connectivity index (χ3n) is 5.73. The van der Waals surface area contributed by atoms with Gasteiger partial charge in [0.15, 0.2) is 11.6 Å². The minimum absolute atomic E-state index is 0.508. The number of hydrogen-bond acceptors (Lipinski definition) is 8. The van der Waals surface area contributed by atoms with E-state index in [9.17, 15) is 0 Å². The van der Waals surface area contributed by atoms with Crippen molar-refractivity contribution in [2.24, 2.45) is 0 Å². The highest BCUT2D eigenvalue weighted by atomic mass is 32.1.